The number of ether oxygens (including phenoxy) is 1. The van der Waals surface area contributed by atoms with Crippen molar-refractivity contribution in [2.24, 2.45) is 5.11 Å². The average Bonchev–Trinajstić information content (AvgIpc) is 2.80. The van der Waals surface area contributed by atoms with Crippen molar-refractivity contribution in [3.8, 4) is 0 Å². The highest BCUT2D eigenvalue weighted by Crippen LogP contribution is 2.38. The van der Waals surface area contributed by atoms with E-state index in [2.05, 4.69) is 14.5 Å². The molecule has 138 valence electrons. The molecule has 1 fully saturated rings. The van der Waals surface area contributed by atoms with Crippen LogP contribution in [0.15, 0.2) is 20.9 Å². The Balaban J connectivity index is 2.29. The molecule has 1 aromatic rings. The maximum atomic E-state index is 11.9. The fourth-order valence-electron chi connectivity index (χ4n) is 2.20. The Bertz CT molecular complexity index is 840. The first-order chi connectivity index (χ1) is 11.6. The summed E-state index contributed by atoms with van der Waals surface area (Å²) in [6.45, 7) is -1.12. The van der Waals surface area contributed by atoms with Crippen LogP contribution in [0.2, 0.25) is 0 Å². The van der Waals surface area contributed by atoms with Gasteiger partial charge in [-0.1, -0.05) is 5.11 Å². The van der Waals surface area contributed by atoms with E-state index in [1.165, 1.54) is 0 Å². The quantitative estimate of drug-likeness (QED) is 0.160. The van der Waals surface area contributed by atoms with E-state index < -0.39 is 50.2 Å². The predicted molar refractivity (Wildman–Crippen MR) is 78.1 cm³/mol. The second-order valence-electron chi connectivity index (χ2n) is 5.04. The highest BCUT2D eigenvalue weighted by Gasteiger charge is 2.45. The zero-order valence-electron chi connectivity index (χ0n) is 12.4. The summed E-state index contributed by atoms with van der Waals surface area (Å²) in [5.41, 5.74) is 6.42. The van der Waals surface area contributed by atoms with Crippen LogP contribution in [-0.4, -0.2) is 54.5 Å². The second-order valence-corrected chi connectivity index (χ2v) is 6.28. The van der Waals surface area contributed by atoms with Crippen LogP contribution in [0.1, 0.15) is 11.8 Å². The van der Waals surface area contributed by atoms with E-state index >= 15 is 0 Å². The zero-order valence-corrected chi connectivity index (χ0v) is 13.3. The maximum Gasteiger partial charge on any atom is 0.469 e. The monoisotopic (exact) mass is 379 g/mol. The summed E-state index contributed by atoms with van der Waals surface area (Å²) in [5.74, 6) is 0. The van der Waals surface area contributed by atoms with Crippen LogP contribution < -0.4 is 11.2 Å². The zero-order chi connectivity index (χ0) is 18.8. The minimum atomic E-state index is -4.83. The summed E-state index contributed by atoms with van der Waals surface area (Å²) in [4.78, 5) is 45.3. The molecule has 0 spiro atoms. The second kappa shape index (κ2) is 7.47. The van der Waals surface area contributed by atoms with Crippen molar-refractivity contribution >= 4 is 7.82 Å². The number of aliphatic hydroxyl groups excluding tert-OH is 2. The summed E-state index contributed by atoms with van der Waals surface area (Å²) < 4.78 is 20.9. The molecule has 0 unspecified atom stereocenters. The van der Waals surface area contributed by atoms with Crippen LogP contribution in [0.25, 0.3) is 10.4 Å². The molecule has 14 nitrogen and oxygen atoms in total. The van der Waals surface area contributed by atoms with Gasteiger partial charge in [0.05, 0.1) is 13.2 Å². The molecule has 1 aromatic heterocycles. The number of azide groups is 1. The molecule has 0 saturated carbocycles. The first-order valence-corrected chi connectivity index (χ1v) is 8.24. The third kappa shape index (κ3) is 4.54. The van der Waals surface area contributed by atoms with E-state index in [1.807, 2.05) is 4.98 Å². The first-order valence-electron chi connectivity index (χ1n) is 6.71. The fourth-order valence-corrected chi connectivity index (χ4v) is 2.54. The van der Waals surface area contributed by atoms with Crippen molar-refractivity contribution in [3.63, 3.8) is 0 Å². The normalized spacial score (nSPS) is 26.4. The highest BCUT2D eigenvalue weighted by molar-refractivity contribution is 7.46. The maximum absolute atomic E-state index is 11.9. The van der Waals surface area contributed by atoms with Crippen molar-refractivity contribution in [1.29, 1.82) is 0 Å². The molecule has 0 aliphatic carbocycles. The van der Waals surface area contributed by atoms with E-state index in [1.54, 1.807) is 0 Å². The first kappa shape index (κ1) is 19.3. The van der Waals surface area contributed by atoms with Crippen molar-refractivity contribution in [2.45, 2.75) is 31.1 Å². The molecular formula is C10H14N5O9P. The summed E-state index contributed by atoms with van der Waals surface area (Å²) in [7, 11) is -4.83. The standard InChI is InChI=1S/C10H14N5O9P/c11-14-12-1-4-2-15(10(19)13-8(4)18)9-7(17)6(16)5(24-9)3-23-25(20,21)22/h2,5-7,9,16-17H,1,3H2,(H,13,18,19)(H2,20,21,22)/t5-,6-,7-,9-/m1/s1. The van der Waals surface area contributed by atoms with Crippen LogP contribution in [-0.2, 0) is 20.4 Å². The van der Waals surface area contributed by atoms with Crippen LogP contribution in [0, 0.1) is 0 Å². The Labute approximate surface area is 138 Å². The van der Waals surface area contributed by atoms with Crippen molar-refractivity contribution in [3.05, 3.63) is 43.0 Å². The lowest BCUT2D eigenvalue weighted by Gasteiger charge is -2.17. The van der Waals surface area contributed by atoms with Gasteiger partial charge in [-0.05, 0) is 5.53 Å². The minimum Gasteiger partial charge on any atom is -0.387 e. The van der Waals surface area contributed by atoms with Gasteiger partial charge in [0.2, 0.25) is 0 Å². The largest absolute Gasteiger partial charge is 0.469 e. The number of H-pyrrole nitrogens is 1. The molecule has 1 aliphatic heterocycles. The predicted octanol–water partition coefficient (Wildman–Crippen LogP) is -1.92. The lowest BCUT2D eigenvalue weighted by Crippen LogP contribution is -2.38. The molecule has 4 atom stereocenters. The number of rotatable bonds is 6. The number of aliphatic hydroxyl groups is 2. The number of nitrogens with zero attached hydrogens (tertiary/aromatic N) is 4. The molecule has 25 heavy (non-hydrogen) atoms. The van der Waals surface area contributed by atoms with E-state index in [9.17, 15) is 24.4 Å². The Kier molecular flexibility index (Phi) is 5.77. The SMILES string of the molecule is [N-]=[N+]=NCc1cn([C@@H]2O[C@H](COP(=O)(O)O)[C@@H](O)[C@H]2O)c(=O)[nH]c1=O. The van der Waals surface area contributed by atoms with Crippen molar-refractivity contribution in [1.82, 2.24) is 9.55 Å². The summed E-state index contributed by atoms with van der Waals surface area (Å²) in [5, 5.41) is 23.1. The molecule has 1 saturated heterocycles. The molecule has 5 N–H and O–H groups in total. The number of nitrogens with one attached hydrogen (secondary N) is 1. The molecule has 0 amide bonds. The lowest BCUT2D eigenvalue weighted by atomic mass is 10.1. The Morgan fingerprint density at radius 1 is 1.40 bits per heavy atom. The van der Waals surface area contributed by atoms with Crippen LogP contribution in [0.3, 0.4) is 0 Å². The fraction of sp³-hybridized carbons (Fsp3) is 0.600. The van der Waals surface area contributed by atoms with E-state index in [-0.39, 0.29) is 12.1 Å². The Hall–Kier alpha value is -2.02. The van der Waals surface area contributed by atoms with Gasteiger partial charge in [0, 0.05) is 16.7 Å². The lowest BCUT2D eigenvalue weighted by molar-refractivity contribution is -0.0544. The number of phosphoric acid groups is 1. The van der Waals surface area contributed by atoms with E-state index in [0.717, 1.165) is 10.8 Å². The molecule has 2 heterocycles. The van der Waals surface area contributed by atoms with Gasteiger partial charge in [-0.15, -0.1) is 0 Å². The molecule has 0 radical (unpaired) electrons. The van der Waals surface area contributed by atoms with E-state index in [0.29, 0.717) is 0 Å². The number of hydrogen-bond donors (Lipinski definition) is 5. The third-order valence-electron chi connectivity index (χ3n) is 3.36. The number of aromatic amines is 1. The van der Waals surface area contributed by atoms with Gasteiger partial charge in [-0.3, -0.25) is 18.9 Å². The molecule has 15 heteroatoms. The number of aromatic nitrogens is 2. The molecule has 2 rings (SSSR count). The molecule has 0 bridgehead atoms. The molecular weight excluding hydrogens is 365 g/mol. The summed E-state index contributed by atoms with van der Waals surface area (Å²) >= 11 is 0. The summed E-state index contributed by atoms with van der Waals surface area (Å²) in [6, 6.07) is 0. The number of phosphoric ester groups is 1. The topological polar surface area (TPSA) is 220 Å². The summed E-state index contributed by atoms with van der Waals surface area (Å²) in [6.07, 6.45) is -5.08. The van der Waals surface area contributed by atoms with Crippen LogP contribution in [0.5, 0.6) is 0 Å². The minimum absolute atomic E-state index is 0.0994. The van der Waals surface area contributed by atoms with Crippen molar-refractivity contribution < 1.29 is 33.8 Å². The molecule has 0 aromatic carbocycles. The Morgan fingerprint density at radius 2 is 2.08 bits per heavy atom. The third-order valence-corrected chi connectivity index (χ3v) is 3.85. The van der Waals surface area contributed by atoms with Crippen LogP contribution in [0.4, 0.5) is 0 Å². The number of hydrogen-bond acceptors (Lipinski definition) is 8. The van der Waals surface area contributed by atoms with Gasteiger partial charge in [0.1, 0.15) is 18.3 Å². The van der Waals surface area contributed by atoms with Gasteiger partial charge < -0.3 is 24.7 Å². The van der Waals surface area contributed by atoms with Crippen molar-refractivity contribution in [2.75, 3.05) is 6.61 Å². The highest BCUT2D eigenvalue weighted by atomic mass is 31.2. The van der Waals surface area contributed by atoms with Gasteiger partial charge in [0.15, 0.2) is 6.23 Å². The Morgan fingerprint density at radius 3 is 2.68 bits per heavy atom. The van der Waals surface area contributed by atoms with Crippen LogP contribution >= 0.6 is 7.82 Å². The van der Waals surface area contributed by atoms with Gasteiger partial charge >= 0.3 is 13.5 Å². The van der Waals surface area contributed by atoms with Gasteiger partial charge in [-0.2, -0.15) is 0 Å². The smallest absolute Gasteiger partial charge is 0.387 e. The van der Waals surface area contributed by atoms with Gasteiger partial charge in [0.25, 0.3) is 5.56 Å². The van der Waals surface area contributed by atoms with E-state index in [4.69, 9.17) is 20.1 Å². The molecule has 1 aliphatic rings. The van der Waals surface area contributed by atoms with Gasteiger partial charge in [-0.25, -0.2) is 9.36 Å². The average molecular weight is 379 g/mol.